The van der Waals surface area contributed by atoms with Crippen molar-refractivity contribution in [3.05, 3.63) is 29.8 Å². The molecule has 0 bridgehead atoms. The van der Waals surface area contributed by atoms with Gasteiger partial charge in [0, 0.05) is 12.0 Å². The van der Waals surface area contributed by atoms with Crippen molar-refractivity contribution in [2.75, 3.05) is 6.61 Å². The molecule has 0 saturated heterocycles. The topological polar surface area (TPSA) is 64.4 Å². The van der Waals surface area contributed by atoms with Crippen LogP contribution in [0.5, 0.6) is 5.75 Å². The SMILES string of the molecule is C[C@@H](N)C(=O)NC1CCOc2ccccc21.Cl. The van der Waals surface area contributed by atoms with Crippen molar-refractivity contribution in [1.82, 2.24) is 5.32 Å². The molecule has 1 aromatic rings. The van der Waals surface area contributed by atoms with Crippen molar-refractivity contribution in [1.29, 1.82) is 0 Å². The number of fused-ring (bicyclic) bond motifs is 1. The van der Waals surface area contributed by atoms with Crippen LogP contribution in [0.4, 0.5) is 0 Å². The van der Waals surface area contributed by atoms with E-state index in [1.165, 1.54) is 0 Å². The number of para-hydroxylation sites is 1. The van der Waals surface area contributed by atoms with E-state index >= 15 is 0 Å². The minimum atomic E-state index is -0.477. The molecule has 1 unspecified atom stereocenters. The Morgan fingerprint density at radius 1 is 1.53 bits per heavy atom. The molecule has 17 heavy (non-hydrogen) atoms. The van der Waals surface area contributed by atoms with Crippen molar-refractivity contribution in [2.24, 2.45) is 5.73 Å². The summed E-state index contributed by atoms with van der Waals surface area (Å²) in [5, 5.41) is 2.93. The van der Waals surface area contributed by atoms with Crippen molar-refractivity contribution < 1.29 is 9.53 Å². The van der Waals surface area contributed by atoms with Gasteiger partial charge in [0.2, 0.25) is 5.91 Å². The van der Waals surface area contributed by atoms with Crippen LogP contribution in [0.15, 0.2) is 24.3 Å². The molecule has 5 heteroatoms. The molecule has 0 spiro atoms. The van der Waals surface area contributed by atoms with Crippen LogP contribution in [-0.2, 0) is 4.79 Å². The van der Waals surface area contributed by atoms with Crippen LogP contribution in [0.2, 0.25) is 0 Å². The number of halogens is 1. The lowest BCUT2D eigenvalue weighted by Crippen LogP contribution is -2.41. The molecule has 1 heterocycles. The van der Waals surface area contributed by atoms with Gasteiger partial charge in [-0.15, -0.1) is 12.4 Å². The second kappa shape index (κ2) is 5.89. The highest BCUT2D eigenvalue weighted by atomic mass is 35.5. The van der Waals surface area contributed by atoms with Gasteiger partial charge < -0.3 is 15.8 Å². The van der Waals surface area contributed by atoms with Gasteiger partial charge in [-0.2, -0.15) is 0 Å². The molecule has 3 N–H and O–H groups in total. The van der Waals surface area contributed by atoms with Gasteiger partial charge in [-0.3, -0.25) is 4.79 Å². The first-order valence-electron chi connectivity index (χ1n) is 5.46. The molecule has 0 saturated carbocycles. The van der Waals surface area contributed by atoms with Gasteiger partial charge in [0.15, 0.2) is 0 Å². The molecule has 0 radical (unpaired) electrons. The highest BCUT2D eigenvalue weighted by Crippen LogP contribution is 2.31. The zero-order chi connectivity index (χ0) is 11.5. The second-order valence-corrected chi connectivity index (χ2v) is 4.02. The molecule has 0 aliphatic carbocycles. The van der Waals surface area contributed by atoms with Crippen LogP contribution < -0.4 is 15.8 Å². The number of carbonyl (C=O) groups is 1. The van der Waals surface area contributed by atoms with Gasteiger partial charge in [0.25, 0.3) is 0 Å². The van der Waals surface area contributed by atoms with Crippen LogP contribution in [0.25, 0.3) is 0 Å². The summed E-state index contributed by atoms with van der Waals surface area (Å²) in [4.78, 5) is 11.5. The Kier molecular flexibility index (Phi) is 4.78. The third-order valence-corrected chi connectivity index (χ3v) is 2.69. The molecule has 94 valence electrons. The smallest absolute Gasteiger partial charge is 0.237 e. The van der Waals surface area contributed by atoms with E-state index < -0.39 is 6.04 Å². The first-order chi connectivity index (χ1) is 7.68. The van der Waals surface area contributed by atoms with Gasteiger partial charge in [-0.25, -0.2) is 0 Å². The molecule has 2 atom stereocenters. The van der Waals surface area contributed by atoms with Crippen molar-refractivity contribution in [2.45, 2.75) is 25.4 Å². The quantitative estimate of drug-likeness (QED) is 0.841. The van der Waals surface area contributed by atoms with Gasteiger partial charge in [-0.05, 0) is 13.0 Å². The van der Waals surface area contributed by atoms with E-state index in [4.69, 9.17) is 10.5 Å². The number of rotatable bonds is 2. The average Bonchev–Trinajstić information content (AvgIpc) is 2.29. The Morgan fingerprint density at radius 2 is 2.24 bits per heavy atom. The zero-order valence-corrected chi connectivity index (χ0v) is 10.5. The summed E-state index contributed by atoms with van der Waals surface area (Å²) in [5.41, 5.74) is 6.56. The van der Waals surface area contributed by atoms with Gasteiger partial charge in [0.05, 0.1) is 18.7 Å². The minimum absolute atomic E-state index is 0. The number of ether oxygens (including phenoxy) is 1. The lowest BCUT2D eigenvalue weighted by Gasteiger charge is -2.27. The summed E-state index contributed by atoms with van der Waals surface area (Å²) in [6.45, 7) is 2.31. The van der Waals surface area contributed by atoms with E-state index in [1.807, 2.05) is 24.3 Å². The molecule has 1 aliphatic rings. The summed E-state index contributed by atoms with van der Waals surface area (Å²) in [5.74, 6) is 0.727. The Bertz CT molecular complexity index is 396. The largest absolute Gasteiger partial charge is 0.493 e. The number of carbonyl (C=O) groups excluding carboxylic acids is 1. The fraction of sp³-hybridized carbons (Fsp3) is 0.417. The van der Waals surface area contributed by atoms with Gasteiger partial charge in [-0.1, -0.05) is 18.2 Å². The summed E-state index contributed by atoms with van der Waals surface area (Å²) >= 11 is 0. The summed E-state index contributed by atoms with van der Waals surface area (Å²) in [6, 6.07) is 7.30. The highest BCUT2D eigenvalue weighted by molar-refractivity contribution is 5.85. The van der Waals surface area contributed by atoms with Crippen molar-refractivity contribution >= 4 is 18.3 Å². The molecule has 0 fully saturated rings. The zero-order valence-electron chi connectivity index (χ0n) is 9.68. The molecule has 1 amide bonds. The normalized spacial score (nSPS) is 19.3. The lowest BCUT2D eigenvalue weighted by molar-refractivity contribution is -0.122. The van der Waals surface area contributed by atoms with E-state index in [1.54, 1.807) is 6.92 Å². The fourth-order valence-electron chi connectivity index (χ4n) is 1.80. The van der Waals surface area contributed by atoms with Crippen LogP contribution in [0, 0.1) is 0 Å². The number of hydrogen-bond donors (Lipinski definition) is 2. The third-order valence-electron chi connectivity index (χ3n) is 2.69. The van der Waals surface area contributed by atoms with E-state index in [2.05, 4.69) is 5.32 Å². The maximum absolute atomic E-state index is 11.5. The van der Waals surface area contributed by atoms with Crippen LogP contribution >= 0.6 is 12.4 Å². The molecule has 1 aliphatic heterocycles. The number of nitrogens with one attached hydrogen (secondary N) is 1. The maximum atomic E-state index is 11.5. The van der Waals surface area contributed by atoms with Crippen molar-refractivity contribution in [3.63, 3.8) is 0 Å². The standard InChI is InChI=1S/C12H16N2O2.ClH/c1-8(13)12(15)14-10-6-7-16-11-5-3-2-4-9(10)11;/h2-5,8,10H,6-7,13H2,1H3,(H,14,15);1H/t8-,10?;/m1./s1. The fourth-order valence-corrected chi connectivity index (χ4v) is 1.80. The number of benzene rings is 1. The molecule has 4 nitrogen and oxygen atoms in total. The second-order valence-electron chi connectivity index (χ2n) is 4.02. The van der Waals surface area contributed by atoms with Crippen LogP contribution in [0.3, 0.4) is 0 Å². The summed E-state index contributed by atoms with van der Waals surface area (Å²) < 4.78 is 5.51. The average molecular weight is 257 g/mol. The Morgan fingerprint density at radius 3 is 2.94 bits per heavy atom. The molecule has 0 aromatic heterocycles. The van der Waals surface area contributed by atoms with Gasteiger partial charge in [0.1, 0.15) is 5.75 Å². The number of amides is 1. The Balaban J connectivity index is 0.00000144. The molecule has 1 aromatic carbocycles. The molecular weight excluding hydrogens is 240 g/mol. The first kappa shape index (κ1) is 13.8. The monoisotopic (exact) mass is 256 g/mol. The molecule has 2 rings (SSSR count). The third kappa shape index (κ3) is 3.11. The summed E-state index contributed by atoms with van der Waals surface area (Å²) in [7, 11) is 0. The Hall–Kier alpha value is -1.26. The van der Waals surface area contributed by atoms with Crippen LogP contribution in [-0.4, -0.2) is 18.6 Å². The highest BCUT2D eigenvalue weighted by Gasteiger charge is 2.23. The van der Waals surface area contributed by atoms with E-state index in [0.29, 0.717) is 6.61 Å². The lowest BCUT2D eigenvalue weighted by atomic mass is 10.0. The number of nitrogens with two attached hydrogens (primary N) is 1. The summed E-state index contributed by atoms with van der Waals surface area (Å²) in [6.07, 6.45) is 0.787. The Labute approximate surface area is 107 Å². The van der Waals surface area contributed by atoms with Gasteiger partial charge >= 0.3 is 0 Å². The minimum Gasteiger partial charge on any atom is -0.493 e. The number of hydrogen-bond acceptors (Lipinski definition) is 3. The van der Waals surface area contributed by atoms with Crippen LogP contribution in [0.1, 0.15) is 24.9 Å². The van der Waals surface area contributed by atoms with E-state index in [-0.39, 0.29) is 24.4 Å². The van der Waals surface area contributed by atoms with E-state index in [9.17, 15) is 4.79 Å². The first-order valence-corrected chi connectivity index (χ1v) is 5.46. The van der Waals surface area contributed by atoms with E-state index in [0.717, 1.165) is 17.7 Å². The van der Waals surface area contributed by atoms with Crippen molar-refractivity contribution in [3.8, 4) is 5.75 Å². The predicted octanol–water partition coefficient (Wildman–Crippen LogP) is 1.40. The molecular formula is C12H17ClN2O2. The maximum Gasteiger partial charge on any atom is 0.237 e. The predicted molar refractivity (Wildman–Crippen MR) is 68.3 cm³/mol.